The Hall–Kier alpha value is -1.40. The molecule has 1 unspecified atom stereocenters. The Balaban J connectivity index is 1.77. The zero-order valence-corrected chi connectivity index (χ0v) is 11.8. The Labute approximate surface area is 113 Å². The molecule has 1 aliphatic heterocycles. The summed E-state index contributed by atoms with van der Waals surface area (Å²) < 4.78 is 7.26. The fourth-order valence-corrected chi connectivity index (χ4v) is 2.29. The number of aryl methyl sites for hydroxylation is 2. The molecular formula is C13H22N4O2. The van der Waals surface area contributed by atoms with E-state index in [0.717, 1.165) is 43.1 Å². The van der Waals surface area contributed by atoms with E-state index in [2.05, 4.69) is 15.7 Å². The fourth-order valence-electron chi connectivity index (χ4n) is 2.29. The van der Waals surface area contributed by atoms with Gasteiger partial charge in [-0.15, -0.1) is 0 Å². The van der Waals surface area contributed by atoms with Crippen molar-refractivity contribution in [1.82, 2.24) is 15.1 Å². The molecule has 19 heavy (non-hydrogen) atoms. The number of hydrogen-bond acceptors (Lipinski definition) is 4. The van der Waals surface area contributed by atoms with Gasteiger partial charge in [0.05, 0.1) is 29.7 Å². The summed E-state index contributed by atoms with van der Waals surface area (Å²) in [7, 11) is 1.87. The van der Waals surface area contributed by atoms with Gasteiger partial charge in [0.25, 0.3) is 0 Å². The van der Waals surface area contributed by atoms with Crippen LogP contribution in [-0.2, 0) is 16.6 Å². The number of anilines is 1. The number of ether oxygens (including phenoxy) is 1. The van der Waals surface area contributed by atoms with E-state index in [1.807, 2.05) is 20.9 Å². The van der Waals surface area contributed by atoms with Crippen molar-refractivity contribution in [1.29, 1.82) is 0 Å². The van der Waals surface area contributed by atoms with Crippen LogP contribution in [0, 0.1) is 13.8 Å². The van der Waals surface area contributed by atoms with Crippen LogP contribution in [0.5, 0.6) is 0 Å². The van der Waals surface area contributed by atoms with Crippen LogP contribution in [0.2, 0.25) is 0 Å². The van der Waals surface area contributed by atoms with Gasteiger partial charge in [-0.2, -0.15) is 5.10 Å². The molecule has 2 N–H and O–H groups in total. The third-order valence-corrected chi connectivity index (χ3v) is 3.45. The first-order valence-corrected chi connectivity index (χ1v) is 6.70. The molecule has 1 aromatic rings. The molecule has 1 atom stereocenters. The molecule has 1 saturated heterocycles. The van der Waals surface area contributed by atoms with E-state index < -0.39 is 0 Å². The second-order valence-corrected chi connectivity index (χ2v) is 4.98. The molecule has 106 valence electrons. The predicted molar refractivity (Wildman–Crippen MR) is 73.2 cm³/mol. The van der Waals surface area contributed by atoms with Gasteiger partial charge < -0.3 is 15.4 Å². The molecule has 6 heteroatoms. The molecule has 1 aliphatic rings. The number of aromatic nitrogens is 2. The Morgan fingerprint density at radius 1 is 1.53 bits per heavy atom. The zero-order chi connectivity index (χ0) is 13.8. The van der Waals surface area contributed by atoms with Crippen molar-refractivity contribution in [2.24, 2.45) is 7.05 Å². The van der Waals surface area contributed by atoms with Gasteiger partial charge in [-0.05, 0) is 26.7 Å². The summed E-state index contributed by atoms with van der Waals surface area (Å²) in [5, 5.41) is 10.3. The van der Waals surface area contributed by atoms with Crippen LogP contribution in [0.1, 0.15) is 24.2 Å². The van der Waals surface area contributed by atoms with Crippen LogP contribution in [0.3, 0.4) is 0 Å². The van der Waals surface area contributed by atoms with Gasteiger partial charge in [0, 0.05) is 20.2 Å². The molecule has 0 bridgehead atoms. The van der Waals surface area contributed by atoms with E-state index in [-0.39, 0.29) is 12.0 Å². The van der Waals surface area contributed by atoms with Crippen molar-refractivity contribution < 1.29 is 9.53 Å². The molecule has 0 aliphatic carbocycles. The first kappa shape index (κ1) is 14.0. The van der Waals surface area contributed by atoms with Crippen LogP contribution < -0.4 is 10.6 Å². The first-order valence-electron chi connectivity index (χ1n) is 6.70. The SMILES string of the molecule is Cc1nn(C)c(C)c1NC(=O)CNCC1CCCO1. The Morgan fingerprint density at radius 3 is 2.89 bits per heavy atom. The summed E-state index contributed by atoms with van der Waals surface area (Å²) >= 11 is 0. The lowest BCUT2D eigenvalue weighted by Gasteiger charge is -2.11. The zero-order valence-electron chi connectivity index (χ0n) is 11.8. The number of nitrogens with one attached hydrogen (secondary N) is 2. The quantitative estimate of drug-likeness (QED) is 0.825. The smallest absolute Gasteiger partial charge is 0.238 e. The van der Waals surface area contributed by atoms with Gasteiger partial charge in [0.15, 0.2) is 0 Å². The largest absolute Gasteiger partial charge is 0.377 e. The Kier molecular flexibility index (Phi) is 4.55. The van der Waals surface area contributed by atoms with Crippen molar-refractivity contribution >= 4 is 11.6 Å². The minimum Gasteiger partial charge on any atom is -0.377 e. The third kappa shape index (κ3) is 3.54. The van der Waals surface area contributed by atoms with Crippen molar-refractivity contribution in [2.75, 3.05) is 25.0 Å². The van der Waals surface area contributed by atoms with Crippen LogP contribution >= 0.6 is 0 Å². The average molecular weight is 266 g/mol. The second-order valence-electron chi connectivity index (χ2n) is 4.98. The maximum Gasteiger partial charge on any atom is 0.238 e. The maximum absolute atomic E-state index is 11.8. The number of carbonyl (C=O) groups excluding carboxylic acids is 1. The molecule has 0 radical (unpaired) electrons. The molecular weight excluding hydrogens is 244 g/mol. The molecule has 1 amide bonds. The summed E-state index contributed by atoms with van der Waals surface area (Å²) in [6.07, 6.45) is 2.46. The predicted octanol–water partition coefficient (Wildman–Crippen LogP) is 0.744. The maximum atomic E-state index is 11.8. The molecule has 1 fully saturated rings. The van der Waals surface area contributed by atoms with Gasteiger partial charge in [-0.1, -0.05) is 0 Å². The molecule has 6 nitrogen and oxygen atoms in total. The highest BCUT2D eigenvalue weighted by atomic mass is 16.5. The summed E-state index contributed by atoms with van der Waals surface area (Å²) in [6.45, 7) is 5.70. The van der Waals surface area contributed by atoms with E-state index in [4.69, 9.17) is 4.74 Å². The van der Waals surface area contributed by atoms with E-state index in [1.165, 1.54) is 0 Å². The number of rotatable bonds is 5. The molecule has 2 rings (SSSR count). The standard InChI is InChI=1S/C13H22N4O2/c1-9-13(10(2)17(3)16-9)15-12(18)8-14-7-11-5-4-6-19-11/h11,14H,4-8H2,1-3H3,(H,15,18). The van der Waals surface area contributed by atoms with Crippen molar-refractivity contribution in [3.05, 3.63) is 11.4 Å². The minimum absolute atomic E-state index is 0.0443. The minimum atomic E-state index is -0.0443. The lowest BCUT2D eigenvalue weighted by Crippen LogP contribution is -2.33. The fraction of sp³-hybridized carbons (Fsp3) is 0.692. The van der Waals surface area contributed by atoms with Crippen molar-refractivity contribution in [2.45, 2.75) is 32.8 Å². The molecule has 1 aromatic heterocycles. The Bertz CT molecular complexity index is 450. The number of amides is 1. The summed E-state index contributed by atoms with van der Waals surface area (Å²) in [6, 6.07) is 0. The van der Waals surface area contributed by atoms with Gasteiger partial charge >= 0.3 is 0 Å². The van der Waals surface area contributed by atoms with Gasteiger partial charge in [0.1, 0.15) is 0 Å². The van der Waals surface area contributed by atoms with Crippen LogP contribution in [0.15, 0.2) is 0 Å². The topological polar surface area (TPSA) is 68.2 Å². The molecule has 2 heterocycles. The van der Waals surface area contributed by atoms with E-state index in [9.17, 15) is 4.79 Å². The normalized spacial score (nSPS) is 18.8. The van der Waals surface area contributed by atoms with Gasteiger partial charge in [-0.3, -0.25) is 9.48 Å². The summed E-state index contributed by atoms with van der Waals surface area (Å²) in [5.41, 5.74) is 2.61. The van der Waals surface area contributed by atoms with E-state index in [0.29, 0.717) is 6.54 Å². The third-order valence-electron chi connectivity index (χ3n) is 3.45. The molecule has 0 spiro atoms. The summed E-state index contributed by atoms with van der Waals surface area (Å²) in [5.74, 6) is -0.0443. The summed E-state index contributed by atoms with van der Waals surface area (Å²) in [4.78, 5) is 11.8. The molecule has 0 saturated carbocycles. The Morgan fingerprint density at radius 2 is 2.32 bits per heavy atom. The number of hydrogen-bond donors (Lipinski definition) is 2. The van der Waals surface area contributed by atoms with Crippen LogP contribution in [-0.4, -0.2) is 41.5 Å². The van der Waals surface area contributed by atoms with Crippen LogP contribution in [0.4, 0.5) is 5.69 Å². The first-order chi connectivity index (χ1) is 9.08. The lowest BCUT2D eigenvalue weighted by molar-refractivity contribution is -0.115. The van der Waals surface area contributed by atoms with Crippen LogP contribution in [0.25, 0.3) is 0 Å². The van der Waals surface area contributed by atoms with Gasteiger partial charge in [-0.25, -0.2) is 0 Å². The highest BCUT2D eigenvalue weighted by molar-refractivity contribution is 5.93. The van der Waals surface area contributed by atoms with Gasteiger partial charge in [0.2, 0.25) is 5.91 Å². The number of nitrogens with zero attached hydrogens (tertiary/aromatic N) is 2. The monoisotopic (exact) mass is 266 g/mol. The van der Waals surface area contributed by atoms with E-state index in [1.54, 1.807) is 4.68 Å². The lowest BCUT2D eigenvalue weighted by atomic mass is 10.2. The molecule has 0 aromatic carbocycles. The van der Waals surface area contributed by atoms with Crippen molar-refractivity contribution in [3.8, 4) is 0 Å². The highest BCUT2D eigenvalue weighted by Crippen LogP contribution is 2.17. The average Bonchev–Trinajstić information content (AvgIpc) is 2.94. The number of carbonyl (C=O) groups is 1. The van der Waals surface area contributed by atoms with E-state index >= 15 is 0 Å². The second kappa shape index (κ2) is 6.16. The highest BCUT2D eigenvalue weighted by Gasteiger charge is 2.16. The van der Waals surface area contributed by atoms with Crippen molar-refractivity contribution in [3.63, 3.8) is 0 Å².